The van der Waals surface area contributed by atoms with Gasteiger partial charge in [0.15, 0.2) is 0 Å². The summed E-state index contributed by atoms with van der Waals surface area (Å²) in [4.78, 5) is 37.4. The molecular formula is C19H11NO8S. The van der Waals surface area contributed by atoms with E-state index in [-0.39, 0.29) is 33.2 Å². The van der Waals surface area contributed by atoms with E-state index in [1.807, 2.05) is 0 Å². The van der Waals surface area contributed by atoms with E-state index in [4.69, 9.17) is 0 Å². The molecule has 0 unspecified atom stereocenters. The van der Waals surface area contributed by atoms with Gasteiger partial charge in [0, 0.05) is 10.9 Å². The second-order valence-corrected chi connectivity index (χ2v) is 7.73. The standard InChI is InChI=1S/C19H11NO8S/c21-15-5-4-10(19(24)25)7-14(15)20-17(22)12-3-1-2-9-6-11(29(26,27)28)8-13(16(9)12)18(20)23/h1-8,21H,(H,24,25)(H,26,27,28). The van der Waals surface area contributed by atoms with Crippen molar-refractivity contribution in [1.82, 2.24) is 0 Å². The molecule has 0 radical (unpaired) electrons. The van der Waals surface area contributed by atoms with Crippen LogP contribution in [0.25, 0.3) is 10.8 Å². The molecule has 1 aliphatic heterocycles. The molecule has 10 heteroatoms. The molecule has 146 valence electrons. The molecule has 9 nitrogen and oxygen atoms in total. The van der Waals surface area contributed by atoms with Gasteiger partial charge in [-0.25, -0.2) is 9.69 Å². The Morgan fingerprint density at radius 3 is 2.28 bits per heavy atom. The van der Waals surface area contributed by atoms with E-state index in [1.54, 1.807) is 0 Å². The van der Waals surface area contributed by atoms with Gasteiger partial charge in [0.2, 0.25) is 0 Å². The van der Waals surface area contributed by atoms with E-state index >= 15 is 0 Å². The third-order valence-electron chi connectivity index (χ3n) is 4.58. The number of carbonyl (C=O) groups excluding carboxylic acids is 2. The van der Waals surface area contributed by atoms with Crippen LogP contribution in [0.2, 0.25) is 0 Å². The van der Waals surface area contributed by atoms with Crippen LogP contribution in [0, 0.1) is 0 Å². The molecule has 1 aliphatic rings. The van der Waals surface area contributed by atoms with Gasteiger partial charge in [-0.05, 0) is 41.8 Å². The molecule has 4 rings (SSSR count). The third kappa shape index (κ3) is 2.82. The number of benzene rings is 3. The molecule has 1 heterocycles. The summed E-state index contributed by atoms with van der Waals surface area (Å²) in [5.74, 6) is -3.63. The summed E-state index contributed by atoms with van der Waals surface area (Å²) in [7, 11) is -4.64. The molecule has 0 spiro atoms. The largest absolute Gasteiger partial charge is 0.506 e. The molecule has 2 amide bonds. The minimum atomic E-state index is -4.64. The number of phenols is 1. The fourth-order valence-corrected chi connectivity index (χ4v) is 3.83. The molecule has 0 fully saturated rings. The van der Waals surface area contributed by atoms with Crippen molar-refractivity contribution in [3.63, 3.8) is 0 Å². The maximum absolute atomic E-state index is 13.1. The smallest absolute Gasteiger partial charge is 0.335 e. The Balaban J connectivity index is 2.02. The molecule has 0 saturated carbocycles. The zero-order chi connectivity index (χ0) is 21.1. The van der Waals surface area contributed by atoms with Crippen LogP contribution < -0.4 is 4.90 Å². The fraction of sp³-hybridized carbons (Fsp3) is 0. The first kappa shape index (κ1) is 18.6. The van der Waals surface area contributed by atoms with Gasteiger partial charge in [-0.3, -0.25) is 14.1 Å². The maximum atomic E-state index is 13.1. The Labute approximate surface area is 163 Å². The average molecular weight is 413 g/mol. The van der Waals surface area contributed by atoms with Crippen molar-refractivity contribution in [3.05, 3.63) is 65.2 Å². The van der Waals surface area contributed by atoms with Gasteiger partial charge in [0.1, 0.15) is 5.75 Å². The monoisotopic (exact) mass is 413 g/mol. The molecule has 0 bridgehead atoms. The summed E-state index contributed by atoms with van der Waals surface area (Å²) >= 11 is 0. The van der Waals surface area contributed by atoms with E-state index in [9.17, 15) is 37.6 Å². The lowest BCUT2D eigenvalue weighted by molar-refractivity contribution is 0.0695. The average Bonchev–Trinajstić information content (AvgIpc) is 2.66. The second-order valence-electron chi connectivity index (χ2n) is 6.30. The lowest BCUT2D eigenvalue weighted by Crippen LogP contribution is -2.40. The van der Waals surface area contributed by atoms with E-state index in [0.717, 1.165) is 30.3 Å². The number of carboxylic acids is 1. The Hall–Kier alpha value is -3.76. The first-order valence-corrected chi connectivity index (χ1v) is 9.53. The zero-order valence-corrected chi connectivity index (χ0v) is 15.2. The van der Waals surface area contributed by atoms with Crippen molar-refractivity contribution in [2.24, 2.45) is 0 Å². The number of carbonyl (C=O) groups is 3. The maximum Gasteiger partial charge on any atom is 0.335 e. The Bertz CT molecular complexity index is 1360. The topological polar surface area (TPSA) is 149 Å². The first-order chi connectivity index (χ1) is 13.6. The molecule has 0 saturated heterocycles. The first-order valence-electron chi connectivity index (χ1n) is 8.09. The number of hydrogen-bond donors (Lipinski definition) is 3. The molecule has 3 N–H and O–H groups in total. The molecule has 3 aromatic rings. The fourth-order valence-electron chi connectivity index (χ4n) is 3.28. The molecular weight excluding hydrogens is 402 g/mol. The van der Waals surface area contributed by atoms with E-state index in [1.165, 1.54) is 18.2 Å². The number of hydrogen-bond acceptors (Lipinski definition) is 6. The summed E-state index contributed by atoms with van der Waals surface area (Å²) in [5.41, 5.74) is -0.765. The van der Waals surface area contributed by atoms with Gasteiger partial charge >= 0.3 is 5.97 Å². The van der Waals surface area contributed by atoms with Crippen LogP contribution in [0.1, 0.15) is 31.1 Å². The van der Waals surface area contributed by atoms with Gasteiger partial charge in [0.25, 0.3) is 21.9 Å². The van der Waals surface area contributed by atoms with E-state index in [2.05, 4.69) is 0 Å². The van der Waals surface area contributed by atoms with Crippen LogP contribution in [0.15, 0.2) is 53.4 Å². The highest BCUT2D eigenvalue weighted by Gasteiger charge is 2.36. The number of rotatable bonds is 3. The number of amides is 2. The van der Waals surface area contributed by atoms with Crippen LogP contribution >= 0.6 is 0 Å². The van der Waals surface area contributed by atoms with Crippen LogP contribution in [0.3, 0.4) is 0 Å². The van der Waals surface area contributed by atoms with Crippen molar-refractivity contribution in [2.75, 3.05) is 4.90 Å². The van der Waals surface area contributed by atoms with Crippen LogP contribution in [0.4, 0.5) is 5.69 Å². The highest BCUT2D eigenvalue weighted by molar-refractivity contribution is 7.85. The van der Waals surface area contributed by atoms with Crippen molar-refractivity contribution < 1.29 is 37.6 Å². The molecule has 29 heavy (non-hydrogen) atoms. The number of anilines is 1. The van der Waals surface area contributed by atoms with Gasteiger partial charge in [0.05, 0.1) is 21.7 Å². The number of aromatic hydroxyl groups is 1. The third-order valence-corrected chi connectivity index (χ3v) is 5.41. The van der Waals surface area contributed by atoms with Crippen molar-refractivity contribution in [3.8, 4) is 5.75 Å². The highest BCUT2D eigenvalue weighted by atomic mass is 32.2. The second kappa shape index (κ2) is 6.12. The van der Waals surface area contributed by atoms with Crippen LogP contribution in [-0.4, -0.2) is 41.0 Å². The zero-order valence-electron chi connectivity index (χ0n) is 14.4. The molecule has 0 aliphatic carbocycles. The molecule has 0 atom stereocenters. The van der Waals surface area contributed by atoms with Crippen LogP contribution in [-0.2, 0) is 10.1 Å². The van der Waals surface area contributed by atoms with Crippen molar-refractivity contribution in [2.45, 2.75) is 4.90 Å². The van der Waals surface area contributed by atoms with Crippen LogP contribution in [0.5, 0.6) is 5.75 Å². The Morgan fingerprint density at radius 2 is 1.62 bits per heavy atom. The van der Waals surface area contributed by atoms with E-state index < -0.39 is 38.5 Å². The minimum Gasteiger partial charge on any atom is -0.506 e. The highest BCUT2D eigenvalue weighted by Crippen LogP contribution is 2.38. The lowest BCUT2D eigenvalue weighted by atomic mass is 9.93. The van der Waals surface area contributed by atoms with Gasteiger partial charge in [-0.1, -0.05) is 12.1 Å². The summed E-state index contributed by atoms with van der Waals surface area (Å²) < 4.78 is 32.6. The number of imide groups is 1. The number of nitrogens with zero attached hydrogens (tertiary/aromatic N) is 1. The Kier molecular flexibility index (Phi) is 3.93. The number of carboxylic acid groups (broad SMARTS) is 1. The minimum absolute atomic E-state index is 0.0547. The predicted molar refractivity (Wildman–Crippen MR) is 100.0 cm³/mol. The molecule has 0 aromatic heterocycles. The summed E-state index contributed by atoms with van der Waals surface area (Å²) in [6.45, 7) is 0. The van der Waals surface area contributed by atoms with Gasteiger partial charge < -0.3 is 10.2 Å². The van der Waals surface area contributed by atoms with Crippen molar-refractivity contribution in [1.29, 1.82) is 0 Å². The Morgan fingerprint density at radius 1 is 0.931 bits per heavy atom. The van der Waals surface area contributed by atoms with E-state index in [0.29, 0.717) is 4.90 Å². The summed E-state index contributed by atoms with van der Waals surface area (Å²) in [5, 5.41) is 19.8. The predicted octanol–water partition coefficient (Wildman–Crippen LogP) is 2.29. The normalized spacial score (nSPS) is 13.8. The lowest BCUT2D eigenvalue weighted by Gasteiger charge is -2.28. The van der Waals surface area contributed by atoms with Crippen molar-refractivity contribution >= 4 is 44.4 Å². The van der Waals surface area contributed by atoms with Gasteiger partial charge in [-0.2, -0.15) is 8.42 Å². The number of phenolic OH excluding ortho intramolecular Hbond substituents is 1. The SMILES string of the molecule is O=C(O)c1ccc(O)c(N2C(=O)c3cccc4cc(S(=O)(=O)O)cc(c34)C2=O)c1. The summed E-state index contributed by atoms with van der Waals surface area (Å²) in [6.07, 6.45) is 0. The van der Waals surface area contributed by atoms with Gasteiger partial charge in [-0.15, -0.1) is 0 Å². The molecule has 3 aromatic carbocycles. The quantitative estimate of drug-likeness (QED) is 0.437. The number of aromatic carboxylic acids is 1. The summed E-state index contributed by atoms with van der Waals surface area (Å²) in [6, 6.07) is 9.53.